The number of hydrogen-bond donors (Lipinski definition) is 0. The van der Waals surface area contributed by atoms with Gasteiger partial charge in [0.25, 0.3) is 0 Å². The van der Waals surface area contributed by atoms with Crippen LogP contribution in [0.2, 0.25) is 0 Å². The molecule has 0 unspecified atom stereocenters. The third-order valence-corrected chi connectivity index (χ3v) is 5.70. The Morgan fingerprint density at radius 2 is 2.00 bits per heavy atom. The van der Waals surface area contributed by atoms with E-state index < -0.39 is 0 Å². The van der Waals surface area contributed by atoms with Gasteiger partial charge in [0.15, 0.2) is 0 Å². The van der Waals surface area contributed by atoms with Crippen LogP contribution >= 0.6 is 31.9 Å². The van der Waals surface area contributed by atoms with Crippen molar-refractivity contribution in [1.82, 2.24) is 0 Å². The van der Waals surface area contributed by atoms with E-state index in [1.165, 1.54) is 0 Å². The summed E-state index contributed by atoms with van der Waals surface area (Å²) in [5.74, 6) is 2.53. The lowest BCUT2D eigenvalue weighted by Crippen LogP contribution is -2.38. The summed E-state index contributed by atoms with van der Waals surface area (Å²) in [5, 5.41) is 0. The number of alkyl halides is 2. The van der Waals surface area contributed by atoms with Crippen molar-refractivity contribution in [3.05, 3.63) is 12.2 Å². The van der Waals surface area contributed by atoms with E-state index in [9.17, 15) is 0 Å². The van der Waals surface area contributed by atoms with Crippen molar-refractivity contribution in [2.75, 3.05) is 0 Å². The highest BCUT2D eigenvalue weighted by molar-refractivity contribution is 9.09. The third kappa shape index (κ3) is 4.07. The number of terminal acetylenes is 1. The summed E-state index contributed by atoms with van der Waals surface area (Å²) in [6.45, 7) is 2.17. The summed E-state index contributed by atoms with van der Waals surface area (Å²) in [5.41, 5.74) is 0. The van der Waals surface area contributed by atoms with Crippen LogP contribution < -0.4 is 0 Å². The summed E-state index contributed by atoms with van der Waals surface area (Å²) >= 11 is 7.51. The summed E-state index contributed by atoms with van der Waals surface area (Å²) in [4.78, 5) is 0.695. The lowest BCUT2D eigenvalue weighted by molar-refractivity contribution is -0.0253. The predicted molar refractivity (Wildman–Crippen MR) is 84.9 cm³/mol. The minimum atomic E-state index is 0.0592. The Morgan fingerprint density at radius 3 is 2.68 bits per heavy atom. The largest absolute Gasteiger partial charge is 0.374 e. The molecule has 2 aliphatic heterocycles. The molecule has 2 bridgehead atoms. The molecule has 0 aromatic heterocycles. The number of rotatable bonds is 2. The maximum absolute atomic E-state index is 6.26. The van der Waals surface area contributed by atoms with Gasteiger partial charge in [-0.1, -0.05) is 44.7 Å². The van der Waals surface area contributed by atoms with Crippen LogP contribution in [-0.4, -0.2) is 34.1 Å². The highest BCUT2D eigenvalue weighted by atomic mass is 79.9. The smallest absolute Gasteiger partial charge is 0.0794 e. The molecule has 0 N–H and O–H groups in total. The number of hydrogen-bond acceptors (Lipinski definition) is 2. The summed E-state index contributed by atoms with van der Waals surface area (Å²) < 4.78 is 12.5. The molecule has 2 heterocycles. The summed E-state index contributed by atoms with van der Waals surface area (Å²) in [6, 6.07) is 0. The number of halogens is 2. The van der Waals surface area contributed by atoms with Gasteiger partial charge in [-0.05, 0) is 31.4 Å². The van der Waals surface area contributed by atoms with Crippen molar-refractivity contribution in [3.63, 3.8) is 0 Å². The molecule has 2 aliphatic rings. The van der Waals surface area contributed by atoms with Gasteiger partial charge in [0, 0.05) is 16.1 Å². The van der Waals surface area contributed by atoms with Gasteiger partial charge in [0.1, 0.15) is 0 Å². The SMILES string of the molecule is C#C/C=C/[C@@H]1C[C@@H]2C[C@H](Br)[C@@H](C[C@H](Br)[C@H](CC)O2)O1. The van der Waals surface area contributed by atoms with E-state index in [1.54, 1.807) is 6.08 Å². The molecule has 2 rings (SSSR count). The van der Waals surface area contributed by atoms with Crippen molar-refractivity contribution in [3.8, 4) is 12.3 Å². The summed E-state index contributed by atoms with van der Waals surface area (Å²) in [6.07, 6.45) is 13.6. The van der Waals surface area contributed by atoms with Gasteiger partial charge in [-0.15, -0.1) is 6.42 Å². The van der Waals surface area contributed by atoms with Crippen molar-refractivity contribution in [2.45, 2.75) is 66.7 Å². The Bertz CT molecular complexity index is 364. The maximum atomic E-state index is 6.26. The maximum Gasteiger partial charge on any atom is 0.0794 e. The molecule has 0 radical (unpaired) electrons. The molecule has 2 nitrogen and oxygen atoms in total. The van der Waals surface area contributed by atoms with Crippen LogP contribution in [0.1, 0.15) is 32.6 Å². The van der Waals surface area contributed by atoms with Crippen LogP contribution in [0.15, 0.2) is 12.2 Å². The van der Waals surface area contributed by atoms with Crippen LogP contribution in [0.3, 0.4) is 0 Å². The highest BCUT2D eigenvalue weighted by Gasteiger charge is 2.38. The number of ether oxygens (including phenoxy) is 2. The second kappa shape index (κ2) is 7.26. The normalized spacial score (nSPS) is 43.5. The Morgan fingerprint density at radius 1 is 1.21 bits per heavy atom. The molecule has 6 atom stereocenters. The first-order valence-electron chi connectivity index (χ1n) is 6.85. The molecule has 0 saturated carbocycles. The van der Waals surface area contributed by atoms with Crippen molar-refractivity contribution in [1.29, 1.82) is 0 Å². The number of fused-ring (bicyclic) bond motifs is 3. The first-order valence-corrected chi connectivity index (χ1v) is 8.69. The Hall–Kier alpha value is 0.180. The van der Waals surface area contributed by atoms with E-state index >= 15 is 0 Å². The van der Waals surface area contributed by atoms with E-state index in [1.807, 2.05) is 6.08 Å². The fraction of sp³-hybridized carbons (Fsp3) is 0.733. The molecular weight excluding hydrogens is 372 g/mol. The molecule has 19 heavy (non-hydrogen) atoms. The molecule has 0 aliphatic carbocycles. The van der Waals surface area contributed by atoms with Crippen molar-refractivity contribution in [2.24, 2.45) is 0 Å². The van der Waals surface area contributed by atoms with E-state index in [0.29, 0.717) is 9.65 Å². The van der Waals surface area contributed by atoms with Gasteiger partial charge in [-0.3, -0.25) is 0 Å². The van der Waals surface area contributed by atoms with E-state index in [0.717, 1.165) is 25.7 Å². The Kier molecular flexibility index (Phi) is 5.95. The molecule has 0 spiro atoms. The average molecular weight is 392 g/mol. The van der Waals surface area contributed by atoms with Crippen LogP contribution in [0, 0.1) is 12.3 Å². The zero-order valence-electron chi connectivity index (χ0n) is 11.1. The average Bonchev–Trinajstić information content (AvgIpc) is 2.48. The zero-order chi connectivity index (χ0) is 13.8. The predicted octanol–water partition coefficient (Wildman–Crippen LogP) is 3.82. The lowest BCUT2D eigenvalue weighted by Gasteiger charge is -2.32. The molecule has 2 fully saturated rings. The van der Waals surface area contributed by atoms with E-state index in [-0.39, 0.29) is 24.4 Å². The molecule has 4 heteroatoms. The lowest BCUT2D eigenvalue weighted by atomic mass is 9.99. The molecular formula is C15H20Br2O2. The van der Waals surface area contributed by atoms with Gasteiger partial charge in [0.05, 0.1) is 24.4 Å². The number of allylic oxidation sites excluding steroid dienone is 1. The van der Waals surface area contributed by atoms with Crippen molar-refractivity contribution >= 4 is 31.9 Å². The first kappa shape index (κ1) is 15.6. The Labute approximate surface area is 132 Å². The standard InChI is InChI=1S/C15H20Br2O2/c1-3-5-6-10-7-11-8-12(16)15(18-10)9-13(17)14(4-2)19-11/h1,5-6,10-15H,4,7-9H2,2H3/b6-5+/t10-,11-,12+,13+,14+,15-/m1/s1. The van der Waals surface area contributed by atoms with Gasteiger partial charge in [-0.25, -0.2) is 0 Å². The van der Waals surface area contributed by atoms with Crippen LogP contribution in [0.4, 0.5) is 0 Å². The van der Waals surface area contributed by atoms with Gasteiger partial charge < -0.3 is 9.47 Å². The molecule has 2 saturated heterocycles. The minimum Gasteiger partial charge on any atom is -0.374 e. The fourth-order valence-corrected chi connectivity index (χ4v) is 4.41. The van der Waals surface area contributed by atoms with Crippen LogP contribution in [0.25, 0.3) is 0 Å². The summed E-state index contributed by atoms with van der Waals surface area (Å²) in [7, 11) is 0. The van der Waals surface area contributed by atoms with Gasteiger partial charge in [0.2, 0.25) is 0 Å². The monoisotopic (exact) mass is 390 g/mol. The zero-order valence-corrected chi connectivity index (χ0v) is 14.3. The fourth-order valence-electron chi connectivity index (χ4n) is 2.78. The van der Waals surface area contributed by atoms with E-state index in [4.69, 9.17) is 15.9 Å². The van der Waals surface area contributed by atoms with Crippen LogP contribution in [0.5, 0.6) is 0 Å². The highest BCUT2D eigenvalue weighted by Crippen LogP contribution is 2.36. The minimum absolute atomic E-state index is 0.0592. The molecule has 0 aromatic rings. The van der Waals surface area contributed by atoms with Gasteiger partial charge >= 0.3 is 0 Å². The first-order chi connectivity index (χ1) is 9.13. The van der Waals surface area contributed by atoms with E-state index in [2.05, 4.69) is 44.7 Å². The second-order valence-electron chi connectivity index (χ2n) is 5.18. The molecule has 106 valence electrons. The third-order valence-electron chi connectivity index (χ3n) is 3.77. The Balaban J connectivity index is 2.17. The second-order valence-corrected chi connectivity index (χ2v) is 7.53. The quantitative estimate of drug-likeness (QED) is 0.526. The van der Waals surface area contributed by atoms with Crippen molar-refractivity contribution < 1.29 is 9.47 Å². The van der Waals surface area contributed by atoms with Gasteiger partial charge in [-0.2, -0.15) is 0 Å². The van der Waals surface area contributed by atoms with Crippen LogP contribution in [-0.2, 0) is 9.47 Å². The topological polar surface area (TPSA) is 18.5 Å². The molecule has 0 aromatic carbocycles. The molecule has 0 amide bonds.